The highest BCUT2D eigenvalue weighted by atomic mass is 16.3. The van der Waals surface area contributed by atoms with E-state index >= 15 is 0 Å². The minimum atomic E-state index is -0.158. The lowest BCUT2D eigenvalue weighted by atomic mass is 9.82. The molecule has 0 radical (unpaired) electrons. The third-order valence-corrected chi connectivity index (χ3v) is 10.6. The van der Waals surface area contributed by atoms with Crippen molar-refractivity contribution in [2.75, 3.05) is 0 Å². The van der Waals surface area contributed by atoms with Crippen LogP contribution in [0, 0.1) is 0 Å². The van der Waals surface area contributed by atoms with Crippen molar-refractivity contribution in [3.63, 3.8) is 0 Å². The van der Waals surface area contributed by atoms with Gasteiger partial charge in [0.1, 0.15) is 11.2 Å². The smallest absolute Gasteiger partial charge is 0.167 e. The van der Waals surface area contributed by atoms with E-state index in [-0.39, 0.29) is 5.41 Å². The second-order valence-electron chi connectivity index (χ2n) is 14.0. The van der Waals surface area contributed by atoms with Crippen molar-refractivity contribution in [1.82, 2.24) is 15.0 Å². The fourth-order valence-electron chi connectivity index (χ4n) is 7.92. The van der Waals surface area contributed by atoms with Crippen LogP contribution in [0.4, 0.5) is 0 Å². The van der Waals surface area contributed by atoms with Crippen LogP contribution in [0.3, 0.4) is 0 Å². The normalized spacial score (nSPS) is 13.0. The van der Waals surface area contributed by atoms with E-state index in [1.807, 2.05) is 36.4 Å². The van der Waals surface area contributed by atoms with Crippen LogP contribution >= 0.6 is 0 Å². The maximum Gasteiger partial charge on any atom is 0.167 e. The number of rotatable bonds is 5. The van der Waals surface area contributed by atoms with Crippen LogP contribution in [0.5, 0.6) is 0 Å². The molecule has 52 heavy (non-hydrogen) atoms. The lowest BCUT2D eigenvalue weighted by Crippen LogP contribution is -2.15. The Balaban J connectivity index is 1.22. The minimum Gasteiger partial charge on any atom is -0.455 e. The Morgan fingerprint density at radius 1 is 0.385 bits per heavy atom. The molecule has 0 fully saturated rings. The molecule has 1 aliphatic carbocycles. The monoisotopic (exact) mass is 667 g/mol. The van der Waals surface area contributed by atoms with Crippen molar-refractivity contribution in [1.29, 1.82) is 0 Å². The molecule has 0 unspecified atom stereocenters. The van der Waals surface area contributed by atoms with Crippen LogP contribution in [0.25, 0.3) is 89.5 Å². The van der Waals surface area contributed by atoms with Crippen molar-refractivity contribution in [2.45, 2.75) is 19.3 Å². The Morgan fingerprint density at radius 2 is 0.981 bits per heavy atom. The molecule has 0 aliphatic heterocycles. The summed E-state index contributed by atoms with van der Waals surface area (Å²) in [5.41, 5.74) is 13.7. The van der Waals surface area contributed by atoms with E-state index in [1.54, 1.807) is 0 Å². The molecule has 10 rings (SSSR count). The van der Waals surface area contributed by atoms with Crippen molar-refractivity contribution >= 4 is 21.9 Å². The summed E-state index contributed by atoms with van der Waals surface area (Å²) < 4.78 is 6.51. The predicted octanol–water partition coefficient (Wildman–Crippen LogP) is 12.4. The standard InChI is InChI=1S/C48H33N3O/c1-48(2)41-22-11-9-18-34(41)35-26-25-33(29-42(35)48)45-49-46(51-47(50-45)39-21-13-20-37-36-19-10-12-23-43(36)52-44(37)39)38-27-24-32(30-14-5-3-6-15-30)28-40(38)31-16-7-4-8-17-31/h3-29H,1-2H3. The van der Waals surface area contributed by atoms with Crippen molar-refractivity contribution < 1.29 is 4.42 Å². The van der Waals surface area contributed by atoms with Gasteiger partial charge in [-0.2, -0.15) is 0 Å². The Morgan fingerprint density at radius 3 is 1.81 bits per heavy atom. The Hall–Kier alpha value is -6.65. The lowest BCUT2D eigenvalue weighted by molar-refractivity contribution is 0.660. The molecule has 0 bridgehead atoms. The second kappa shape index (κ2) is 11.7. The molecule has 0 N–H and O–H groups in total. The van der Waals surface area contributed by atoms with Gasteiger partial charge in [-0.05, 0) is 74.8 Å². The number of aromatic nitrogens is 3. The topological polar surface area (TPSA) is 51.8 Å². The van der Waals surface area contributed by atoms with Gasteiger partial charge >= 0.3 is 0 Å². The summed E-state index contributed by atoms with van der Waals surface area (Å²) in [5.74, 6) is 1.79. The van der Waals surface area contributed by atoms with Gasteiger partial charge in [-0.15, -0.1) is 0 Å². The van der Waals surface area contributed by atoms with Gasteiger partial charge in [0, 0.05) is 27.3 Å². The van der Waals surface area contributed by atoms with E-state index < -0.39 is 0 Å². The van der Waals surface area contributed by atoms with Crippen molar-refractivity contribution in [3.8, 4) is 67.5 Å². The van der Waals surface area contributed by atoms with E-state index in [4.69, 9.17) is 19.4 Å². The van der Waals surface area contributed by atoms with Gasteiger partial charge in [0.25, 0.3) is 0 Å². The first kappa shape index (κ1) is 30.2. The number of nitrogens with zero attached hydrogens (tertiary/aromatic N) is 3. The van der Waals surface area contributed by atoms with Gasteiger partial charge in [0.05, 0.1) is 5.56 Å². The molecular formula is C48H33N3O. The molecular weight excluding hydrogens is 635 g/mol. The Labute approximate surface area is 302 Å². The summed E-state index contributed by atoms with van der Waals surface area (Å²) >= 11 is 0. The van der Waals surface area contributed by atoms with Gasteiger partial charge < -0.3 is 4.42 Å². The van der Waals surface area contributed by atoms with E-state index in [2.05, 4.69) is 141 Å². The number of hydrogen-bond donors (Lipinski definition) is 0. The Bertz CT molecular complexity index is 2820. The quantitative estimate of drug-likeness (QED) is 0.183. The lowest BCUT2D eigenvalue weighted by Gasteiger charge is -2.21. The van der Waals surface area contributed by atoms with Crippen LogP contribution in [-0.2, 0) is 5.41 Å². The Kier molecular flexibility index (Phi) is 6.80. The molecule has 246 valence electrons. The summed E-state index contributed by atoms with van der Waals surface area (Å²) in [6.07, 6.45) is 0. The van der Waals surface area contributed by atoms with Crippen LogP contribution in [0.15, 0.2) is 168 Å². The SMILES string of the molecule is CC1(C)c2ccccc2-c2ccc(-c3nc(-c4ccc(-c5ccccc5)cc4-c4ccccc4)nc(-c4cccc5c4oc4ccccc45)n3)cc21. The van der Waals surface area contributed by atoms with Crippen LogP contribution in [0.1, 0.15) is 25.0 Å². The summed E-state index contributed by atoms with van der Waals surface area (Å²) in [6, 6.07) is 57.3. The number of para-hydroxylation sites is 2. The molecule has 0 atom stereocenters. The fraction of sp³-hybridized carbons (Fsp3) is 0.0625. The van der Waals surface area contributed by atoms with Gasteiger partial charge in [0.2, 0.25) is 0 Å². The minimum absolute atomic E-state index is 0.158. The van der Waals surface area contributed by atoms with Gasteiger partial charge in [0.15, 0.2) is 17.5 Å². The number of furan rings is 1. The van der Waals surface area contributed by atoms with Crippen LogP contribution < -0.4 is 0 Å². The highest BCUT2D eigenvalue weighted by Gasteiger charge is 2.35. The number of fused-ring (bicyclic) bond motifs is 6. The molecule has 4 heteroatoms. The van der Waals surface area contributed by atoms with Crippen LogP contribution in [-0.4, -0.2) is 15.0 Å². The van der Waals surface area contributed by atoms with E-state index in [0.717, 1.165) is 60.9 Å². The summed E-state index contributed by atoms with van der Waals surface area (Å²) in [4.78, 5) is 15.8. The average molecular weight is 668 g/mol. The highest BCUT2D eigenvalue weighted by Crippen LogP contribution is 2.49. The largest absolute Gasteiger partial charge is 0.455 e. The first-order valence-corrected chi connectivity index (χ1v) is 17.7. The highest BCUT2D eigenvalue weighted by molar-refractivity contribution is 6.09. The zero-order valence-corrected chi connectivity index (χ0v) is 28.8. The summed E-state index contributed by atoms with van der Waals surface area (Å²) in [5, 5.41) is 2.10. The first-order valence-electron chi connectivity index (χ1n) is 17.7. The molecule has 9 aromatic rings. The molecule has 0 amide bonds. The summed E-state index contributed by atoms with van der Waals surface area (Å²) in [6.45, 7) is 4.60. The van der Waals surface area contributed by atoms with Gasteiger partial charge in [-0.1, -0.05) is 147 Å². The molecule has 2 heterocycles. The third kappa shape index (κ3) is 4.79. The fourth-order valence-corrected chi connectivity index (χ4v) is 7.92. The average Bonchev–Trinajstić information content (AvgIpc) is 3.70. The molecule has 0 spiro atoms. The maximum atomic E-state index is 6.51. The molecule has 1 aliphatic rings. The number of benzene rings is 7. The molecule has 0 saturated carbocycles. The molecule has 7 aromatic carbocycles. The summed E-state index contributed by atoms with van der Waals surface area (Å²) in [7, 11) is 0. The zero-order chi connectivity index (χ0) is 34.8. The molecule has 0 saturated heterocycles. The second-order valence-corrected chi connectivity index (χ2v) is 14.0. The van der Waals surface area contributed by atoms with E-state index in [9.17, 15) is 0 Å². The van der Waals surface area contributed by atoms with Gasteiger partial charge in [-0.3, -0.25) is 0 Å². The maximum absolute atomic E-state index is 6.51. The van der Waals surface area contributed by atoms with Gasteiger partial charge in [-0.25, -0.2) is 15.0 Å². The molecule has 4 nitrogen and oxygen atoms in total. The van der Waals surface area contributed by atoms with E-state index in [0.29, 0.717) is 17.5 Å². The van der Waals surface area contributed by atoms with Crippen molar-refractivity contribution in [3.05, 3.63) is 175 Å². The predicted molar refractivity (Wildman–Crippen MR) is 212 cm³/mol. The third-order valence-electron chi connectivity index (χ3n) is 10.6. The van der Waals surface area contributed by atoms with E-state index in [1.165, 1.54) is 22.3 Å². The van der Waals surface area contributed by atoms with Crippen LogP contribution in [0.2, 0.25) is 0 Å². The molecule has 2 aromatic heterocycles. The zero-order valence-electron chi connectivity index (χ0n) is 28.8. The first-order chi connectivity index (χ1) is 25.5. The number of hydrogen-bond acceptors (Lipinski definition) is 4. The van der Waals surface area contributed by atoms with Crippen molar-refractivity contribution in [2.24, 2.45) is 0 Å².